The van der Waals surface area contributed by atoms with E-state index in [9.17, 15) is 14.4 Å². The molecule has 2 heterocycles. The summed E-state index contributed by atoms with van der Waals surface area (Å²) in [6.45, 7) is 5.65. The van der Waals surface area contributed by atoms with E-state index in [1.165, 1.54) is 7.11 Å². The highest BCUT2D eigenvalue weighted by Crippen LogP contribution is 2.55. The Kier molecular flexibility index (Phi) is 7.59. The second-order valence-electron chi connectivity index (χ2n) is 10.6. The van der Waals surface area contributed by atoms with Crippen molar-refractivity contribution in [3.8, 4) is 11.5 Å². The highest BCUT2D eigenvalue weighted by molar-refractivity contribution is 5.92. The number of methoxy groups -OCH3 is 2. The molecule has 1 fully saturated rings. The summed E-state index contributed by atoms with van der Waals surface area (Å²) in [4.78, 5) is 41.7. The number of rotatable bonds is 9. The predicted molar refractivity (Wildman–Crippen MR) is 131 cm³/mol. The van der Waals surface area contributed by atoms with Crippen molar-refractivity contribution in [3.63, 3.8) is 0 Å². The van der Waals surface area contributed by atoms with Gasteiger partial charge in [0, 0.05) is 38.3 Å². The van der Waals surface area contributed by atoms with Crippen LogP contribution in [0.3, 0.4) is 0 Å². The van der Waals surface area contributed by atoms with Gasteiger partial charge in [-0.15, -0.1) is 0 Å². The molecule has 196 valence electrons. The van der Waals surface area contributed by atoms with E-state index in [-0.39, 0.29) is 49.4 Å². The summed E-state index contributed by atoms with van der Waals surface area (Å²) in [5, 5.41) is 2.87. The van der Waals surface area contributed by atoms with Gasteiger partial charge < -0.3 is 29.2 Å². The lowest BCUT2D eigenvalue weighted by molar-refractivity contribution is -0.162. The minimum Gasteiger partial charge on any atom is -0.468 e. The first kappa shape index (κ1) is 26.0. The molecule has 9 nitrogen and oxygen atoms in total. The zero-order valence-corrected chi connectivity index (χ0v) is 21.6. The molecule has 9 heteroatoms. The Morgan fingerprint density at radius 1 is 1.19 bits per heavy atom. The molecule has 4 rings (SSSR count). The van der Waals surface area contributed by atoms with Crippen LogP contribution in [0.5, 0.6) is 11.5 Å². The van der Waals surface area contributed by atoms with Crippen LogP contribution in [-0.2, 0) is 30.4 Å². The molecule has 1 aromatic rings. The lowest BCUT2D eigenvalue weighted by atomic mass is 9.59. The second kappa shape index (κ2) is 10.5. The van der Waals surface area contributed by atoms with Crippen molar-refractivity contribution < 1.29 is 33.3 Å². The maximum Gasteiger partial charge on any atom is 0.317 e. The zero-order chi connectivity index (χ0) is 25.9. The summed E-state index contributed by atoms with van der Waals surface area (Å²) in [5.41, 5.74) is 0.367. The van der Waals surface area contributed by atoms with Gasteiger partial charge in [0.25, 0.3) is 0 Å². The number of allylic oxidation sites excluding steroid dienone is 1. The smallest absolute Gasteiger partial charge is 0.317 e. The number of nitrogens with one attached hydrogen (secondary N) is 1. The van der Waals surface area contributed by atoms with Crippen LogP contribution in [0.25, 0.3) is 0 Å². The molecule has 2 amide bonds. The minimum absolute atomic E-state index is 0.00983. The van der Waals surface area contributed by atoms with Crippen molar-refractivity contribution in [1.82, 2.24) is 10.2 Å². The van der Waals surface area contributed by atoms with Crippen LogP contribution in [0.1, 0.15) is 51.5 Å². The van der Waals surface area contributed by atoms with E-state index in [0.29, 0.717) is 43.2 Å². The summed E-state index contributed by atoms with van der Waals surface area (Å²) in [6.07, 6.45) is 4.22. The quantitative estimate of drug-likeness (QED) is 0.410. The van der Waals surface area contributed by atoms with Gasteiger partial charge in [-0.25, -0.2) is 0 Å². The van der Waals surface area contributed by atoms with Gasteiger partial charge in [-0.05, 0) is 48.8 Å². The third-order valence-corrected chi connectivity index (χ3v) is 7.25. The average Bonchev–Trinajstić information content (AvgIpc) is 3.31. The third kappa shape index (κ3) is 5.21. The summed E-state index contributed by atoms with van der Waals surface area (Å²) in [5.74, 6) is -0.0989. The van der Waals surface area contributed by atoms with Crippen LogP contribution in [0, 0.1) is 16.7 Å². The van der Waals surface area contributed by atoms with Crippen LogP contribution >= 0.6 is 0 Å². The van der Waals surface area contributed by atoms with Gasteiger partial charge in [0.05, 0.1) is 13.7 Å². The number of esters is 1. The highest BCUT2D eigenvalue weighted by Gasteiger charge is 2.57. The molecule has 1 N–H and O–H groups in total. The molecule has 1 aromatic carbocycles. The average molecular weight is 501 g/mol. The molecule has 36 heavy (non-hydrogen) atoms. The van der Waals surface area contributed by atoms with Crippen molar-refractivity contribution in [2.24, 2.45) is 16.7 Å². The number of carbonyl (C=O) groups excluding carboxylic acids is 3. The largest absolute Gasteiger partial charge is 0.468 e. The van der Waals surface area contributed by atoms with E-state index in [4.69, 9.17) is 18.9 Å². The molecule has 3 aliphatic rings. The van der Waals surface area contributed by atoms with Crippen LogP contribution < -0.4 is 14.8 Å². The van der Waals surface area contributed by atoms with Gasteiger partial charge in [0.2, 0.25) is 18.6 Å². The molecule has 0 spiro atoms. The van der Waals surface area contributed by atoms with Crippen molar-refractivity contribution in [2.75, 3.05) is 34.2 Å². The van der Waals surface area contributed by atoms with Gasteiger partial charge >= 0.3 is 5.97 Å². The fraction of sp³-hybridized carbons (Fsp3) is 0.593. The monoisotopic (exact) mass is 500 g/mol. The van der Waals surface area contributed by atoms with E-state index in [1.54, 1.807) is 12.0 Å². The molecule has 0 bridgehead atoms. The summed E-state index contributed by atoms with van der Waals surface area (Å²) < 4.78 is 21.3. The van der Waals surface area contributed by atoms with E-state index >= 15 is 0 Å². The number of hydrogen-bond donors (Lipinski definition) is 1. The lowest BCUT2D eigenvalue weighted by Crippen LogP contribution is -2.55. The van der Waals surface area contributed by atoms with Crippen LogP contribution in [-0.4, -0.2) is 56.8 Å². The number of carbonyl (C=O) groups is 3. The fourth-order valence-corrected chi connectivity index (χ4v) is 5.68. The highest BCUT2D eigenvalue weighted by atomic mass is 16.7. The van der Waals surface area contributed by atoms with Crippen molar-refractivity contribution in [2.45, 2.75) is 52.5 Å². The van der Waals surface area contributed by atoms with Crippen molar-refractivity contribution in [3.05, 3.63) is 35.5 Å². The molecule has 1 aliphatic carbocycles. The molecule has 0 saturated carbocycles. The number of nitrogens with zero attached hydrogens (tertiary/aromatic N) is 1. The Balaban J connectivity index is 1.65. The fourth-order valence-electron chi connectivity index (χ4n) is 5.68. The van der Waals surface area contributed by atoms with Gasteiger partial charge in [-0.3, -0.25) is 14.4 Å². The van der Waals surface area contributed by atoms with Crippen LogP contribution in [0.4, 0.5) is 0 Å². The number of benzene rings is 1. The first-order valence-electron chi connectivity index (χ1n) is 12.4. The Hall–Kier alpha value is -3.07. The van der Waals surface area contributed by atoms with Gasteiger partial charge in [0.1, 0.15) is 5.41 Å². The van der Waals surface area contributed by atoms with Gasteiger partial charge in [-0.2, -0.15) is 0 Å². The maximum absolute atomic E-state index is 13.8. The van der Waals surface area contributed by atoms with Gasteiger partial charge in [0.15, 0.2) is 11.5 Å². The van der Waals surface area contributed by atoms with Gasteiger partial charge in [-0.1, -0.05) is 26.0 Å². The number of ether oxygens (including phenoxy) is 4. The van der Waals surface area contributed by atoms with Crippen molar-refractivity contribution >= 4 is 17.8 Å². The number of hydrogen-bond acceptors (Lipinski definition) is 7. The minimum atomic E-state index is -0.998. The van der Waals surface area contributed by atoms with E-state index in [1.807, 2.05) is 24.3 Å². The molecular formula is C27H36N2O7. The summed E-state index contributed by atoms with van der Waals surface area (Å²) in [7, 11) is 2.99. The normalized spacial score (nSPS) is 24.1. The van der Waals surface area contributed by atoms with E-state index in [0.717, 1.165) is 12.0 Å². The molecule has 1 saturated heterocycles. The Bertz CT molecular complexity index is 1050. The Labute approximate surface area is 212 Å². The standard InChI is InChI=1S/C27H36N2O7/c1-26(2)9-8-22-27(16-26,25(32)34-4)14-19(13-23(30)28-10-5-11-33-3)24(31)29(22)15-18-6-7-20-21(12-18)36-17-35-20/h6-8,12,19H,5,9-11,13-17H2,1-4H3,(H,28,30)/t19-,27-/m1/s1. The molecule has 0 radical (unpaired) electrons. The molecule has 2 atom stereocenters. The zero-order valence-electron chi connectivity index (χ0n) is 21.6. The number of fused-ring (bicyclic) bond motifs is 2. The summed E-state index contributed by atoms with van der Waals surface area (Å²) >= 11 is 0. The summed E-state index contributed by atoms with van der Waals surface area (Å²) in [6, 6.07) is 5.57. The van der Waals surface area contributed by atoms with Crippen LogP contribution in [0.15, 0.2) is 30.0 Å². The predicted octanol–water partition coefficient (Wildman–Crippen LogP) is 3.17. The SMILES string of the molecule is COCCCNC(=O)C[C@@H]1C[C@@]2(C(=O)OC)CC(C)(C)CC=C2N(Cc2ccc3c(c2)OCO3)C1=O. The second-order valence-corrected chi connectivity index (χ2v) is 10.6. The lowest BCUT2D eigenvalue weighted by Gasteiger charge is -2.51. The maximum atomic E-state index is 13.8. The third-order valence-electron chi connectivity index (χ3n) is 7.25. The molecule has 0 aromatic heterocycles. The number of amides is 2. The Morgan fingerprint density at radius 3 is 2.72 bits per heavy atom. The first-order valence-corrected chi connectivity index (χ1v) is 12.4. The topological polar surface area (TPSA) is 103 Å². The molecule has 2 aliphatic heterocycles. The number of piperidine rings is 1. The van der Waals surface area contributed by atoms with Crippen molar-refractivity contribution in [1.29, 1.82) is 0 Å². The first-order chi connectivity index (χ1) is 17.2. The number of likely N-dealkylation sites (tertiary alicyclic amines) is 1. The Morgan fingerprint density at radius 2 is 1.97 bits per heavy atom. The molecule has 0 unspecified atom stereocenters. The van der Waals surface area contributed by atoms with E-state index < -0.39 is 11.3 Å². The molecular weight excluding hydrogens is 464 g/mol. The van der Waals surface area contributed by atoms with Crippen LogP contribution in [0.2, 0.25) is 0 Å². The van der Waals surface area contributed by atoms with E-state index in [2.05, 4.69) is 19.2 Å².